The first kappa shape index (κ1) is 22.5. The van der Waals surface area contributed by atoms with E-state index in [0.29, 0.717) is 42.6 Å². The molecule has 0 atom stereocenters. The fourth-order valence-corrected chi connectivity index (χ4v) is 3.90. The van der Waals surface area contributed by atoms with Crippen molar-refractivity contribution in [3.63, 3.8) is 0 Å². The highest BCUT2D eigenvalue weighted by molar-refractivity contribution is 5.66. The molecule has 0 aliphatic heterocycles. The Morgan fingerprint density at radius 1 is 0.886 bits per heavy atom. The van der Waals surface area contributed by atoms with E-state index in [1.807, 2.05) is 69.3 Å². The summed E-state index contributed by atoms with van der Waals surface area (Å²) >= 11 is 0. The Morgan fingerprint density at radius 3 is 2.14 bits per heavy atom. The maximum atomic E-state index is 13.2. The monoisotopic (exact) mass is 470 g/mol. The number of aryl methyl sites for hydroxylation is 1. The Balaban J connectivity index is 1.41. The van der Waals surface area contributed by atoms with Crippen molar-refractivity contribution in [3.8, 4) is 34.2 Å². The summed E-state index contributed by atoms with van der Waals surface area (Å²) in [6.45, 7) is 7.27. The number of oxazole rings is 1. The van der Waals surface area contributed by atoms with E-state index < -0.39 is 0 Å². The van der Waals surface area contributed by atoms with E-state index in [9.17, 15) is 4.79 Å². The van der Waals surface area contributed by atoms with E-state index in [1.165, 1.54) is 0 Å². The van der Waals surface area contributed by atoms with Gasteiger partial charge in [-0.1, -0.05) is 0 Å². The summed E-state index contributed by atoms with van der Waals surface area (Å²) in [6.07, 6.45) is 3.49. The number of rotatable bonds is 8. The molecule has 0 radical (unpaired) electrons. The molecule has 35 heavy (non-hydrogen) atoms. The summed E-state index contributed by atoms with van der Waals surface area (Å²) in [5.41, 5.74) is 3.52. The van der Waals surface area contributed by atoms with Gasteiger partial charge >= 0.3 is 0 Å². The van der Waals surface area contributed by atoms with Gasteiger partial charge < -0.3 is 18.5 Å². The smallest absolute Gasteiger partial charge is 0.276 e. The van der Waals surface area contributed by atoms with Gasteiger partial charge in [-0.05, 0) is 75.4 Å². The molecule has 3 heterocycles. The van der Waals surface area contributed by atoms with Crippen LogP contribution in [0.4, 0.5) is 0 Å². The summed E-state index contributed by atoms with van der Waals surface area (Å²) in [5, 5.41) is 4.57. The second kappa shape index (κ2) is 9.50. The summed E-state index contributed by atoms with van der Waals surface area (Å²) in [7, 11) is 0. The van der Waals surface area contributed by atoms with Crippen molar-refractivity contribution in [3.05, 3.63) is 88.8 Å². The van der Waals surface area contributed by atoms with Crippen LogP contribution in [0.15, 0.2) is 76.2 Å². The van der Waals surface area contributed by atoms with Crippen LogP contribution >= 0.6 is 0 Å². The Kier molecular flexibility index (Phi) is 6.10. The third kappa shape index (κ3) is 4.55. The highest BCUT2D eigenvalue weighted by Crippen LogP contribution is 2.25. The van der Waals surface area contributed by atoms with Crippen LogP contribution in [0.5, 0.6) is 11.5 Å². The number of hydrogen-bond acceptors (Lipinski definition) is 6. The quantitative estimate of drug-likeness (QED) is 0.318. The van der Waals surface area contributed by atoms with Gasteiger partial charge in [0.2, 0.25) is 5.89 Å². The first-order valence-electron chi connectivity index (χ1n) is 11.6. The van der Waals surface area contributed by atoms with Gasteiger partial charge in [0, 0.05) is 23.5 Å². The molecule has 8 nitrogen and oxygen atoms in total. The van der Waals surface area contributed by atoms with Gasteiger partial charge in [0.05, 0.1) is 25.5 Å². The second-order valence-corrected chi connectivity index (χ2v) is 8.03. The van der Waals surface area contributed by atoms with Gasteiger partial charge in [-0.3, -0.25) is 4.79 Å². The van der Waals surface area contributed by atoms with Gasteiger partial charge in [0.1, 0.15) is 28.5 Å². The van der Waals surface area contributed by atoms with Gasteiger partial charge in [0.25, 0.3) is 5.56 Å². The van der Waals surface area contributed by atoms with E-state index in [1.54, 1.807) is 27.5 Å². The van der Waals surface area contributed by atoms with Crippen molar-refractivity contribution >= 4 is 5.52 Å². The molecular weight excluding hydrogens is 444 g/mol. The maximum Gasteiger partial charge on any atom is 0.276 e. The summed E-state index contributed by atoms with van der Waals surface area (Å²) in [5.74, 6) is 2.78. The molecule has 2 aromatic carbocycles. The minimum atomic E-state index is -0.151. The number of aromatic nitrogens is 4. The van der Waals surface area contributed by atoms with E-state index >= 15 is 0 Å². The van der Waals surface area contributed by atoms with E-state index in [-0.39, 0.29) is 5.56 Å². The lowest BCUT2D eigenvalue weighted by Crippen LogP contribution is -2.22. The lowest BCUT2D eigenvalue weighted by Gasteiger charge is -2.04. The van der Waals surface area contributed by atoms with Crippen LogP contribution < -0.4 is 15.0 Å². The van der Waals surface area contributed by atoms with Crippen molar-refractivity contribution in [2.45, 2.75) is 27.3 Å². The van der Waals surface area contributed by atoms with Crippen molar-refractivity contribution in [1.29, 1.82) is 0 Å². The zero-order chi connectivity index (χ0) is 24.4. The van der Waals surface area contributed by atoms with Crippen LogP contribution in [0, 0.1) is 6.92 Å². The van der Waals surface area contributed by atoms with Crippen molar-refractivity contribution in [2.75, 3.05) is 13.2 Å². The van der Waals surface area contributed by atoms with Gasteiger partial charge in [-0.2, -0.15) is 5.10 Å². The highest BCUT2D eigenvalue weighted by atomic mass is 16.5. The predicted molar refractivity (Wildman–Crippen MR) is 133 cm³/mol. The molecule has 178 valence electrons. The largest absolute Gasteiger partial charge is 0.494 e. The molecule has 0 amide bonds. The third-order valence-electron chi connectivity index (χ3n) is 5.69. The maximum absolute atomic E-state index is 13.2. The minimum absolute atomic E-state index is 0.151. The number of nitrogens with zero attached hydrogens (tertiary/aromatic N) is 4. The SMILES string of the molecule is CCOc1ccc(-c2cc3c(=O)n(Cc4nc(-c5ccc(OCC)cc5)oc4C)ccn3n2)cc1. The first-order valence-corrected chi connectivity index (χ1v) is 11.6. The standard InChI is InChI=1S/C27H26N4O4/c1-4-33-21-10-6-19(7-11-21)23-16-25-27(32)30(14-15-31(25)29-23)17-24-18(3)35-26(28-24)20-8-12-22(13-9-20)34-5-2/h6-16H,4-5,17H2,1-3H3. The summed E-state index contributed by atoms with van der Waals surface area (Å²) in [6, 6.07) is 17.1. The highest BCUT2D eigenvalue weighted by Gasteiger charge is 2.15. The Hall–Kier alpha value is -4.33. The number of fused-ring (bicyclic) bond motifs is 1. The second-order valence-electron chi connectivity index (χ2n) is 8.03. The lowest BCUT2D eigenvalue weighted by atomic mass is 10.1. The molecule has 0 aliphatic rings. The van der Waals surface area contributed by atoms with Crippen molar-refractivity contribution in [1.82, 2.24) is 19.2 Å². The fraction of sp³-hybridized carbons (Fsp3) is 0.222. The van der Waals surface area contributed by atoms with Crippen LogP contribution in [-0.2, 0) is 6.54 Å². The van der Waals surface area contributed by atoms with Crippen LogP contribution in [0.25, 0.3) is 28.2 Å². The van der Waals surface area contributed by atoms with Crippen molar-refractivity contribution in [2.24, 2.45) is 0 Å². The zero-order valence-corrected chi connectivity index (χ0v) is 19.9. The molecule has 0 aliphatic carbocycles. The summed E-state index contributed by atoms with van der Waals surface area (Å²) in [4.78, 5) is 17.9. The third-order valence-corrected chi connectivity index (χ3v) is 5.69. The molecule has 5 aromatic rings. The van der Waals surface area contributed by atoms with E-state index in [2.05, 4.69) is 10.1 Å². The number of ether oxygens (including phenoxy) is 2. The van der Waals surface area contributed by atoms with Gasteiger partial charge in [-0.25, -0.2) is 9.50 Å². The van der Waals surface area contributed by atoms with Crippen LogP contribution in [0.2, 0.25) is 0 Å². The molecule has 0 bridgehead atoms. The molecule has 0 spiro atoms. The predicted octanol–water partition coefficient (Wildman–Crippen LogP) is 4.97. The summed E-state index contributed by atoms with van der Waals surface area (Å²) < 4.78 is 20.1. The fourth-order valence-electron chi connectivity index (χ4n) is 3.90. The van der Waals surface area contributed by atoms with Gasteiger partial charge in [0.15, 0.2) is 0 Å². The average Bonchev–Trinajstić information content (AvgIpc) is 3.47. The molecule has 8 heteroatoms. The van der Waals surface area contributed by atoms with Crippen LogP contribution in [0.3, 0.4) is 0 Å². The molecule has 0 fully saturated rings. The average molecular weight is 471 g/mol. The van der Waals surface area contributed by atoms with Crippen LogP contribution in [-0.4, -0.2) is 32.4 Å². The molecule has 3 aromatic heterocycles. The Labute approximate surface area is 202 Å². The Morgan fingerprint density at radius 2 is 1.51 bits per heavy atom. The lowest BCUT2D eigenvalue weighted by molar-refractivity contribution is 0.340. The van der Waals surface area contributed by atoms with E-state index in [0.717, 1.165) is 28.3 Å². The molecule has 0 saturated heterocycles. The van der Waals surface area contributed by atoms with Crippen LogP contribution in [0.1, 0.15) is 25.3 Å². The molecule has 0 N–H and O–H groups in total. The van der Waals surface area contributed by atoms with Gasteiger partial charge in [-0.15, -0.1) is 0 Å². The first-order chi connectivity index (χ1) is 17.1. The molecular formula is C27H26N4O4. The van der Waals surface area contributed by atoms with Crippen molar-refractivity contribution < 1.29 is 13.9 Å². The zero-order valence-electron chi connectivity index (χ0n) is 19.9. The normalized spacial score (nSPS) is 11.2. The molecule has 0 unspecified atom stereocenters. The van der Waals surface area contributed by atoms with E-state index in [4.69, 9.17) is 13.9 Å². The minimum Gasteiger partial charge on any atom is -0.494 e. The molecule has 5 rings (SSSR count). The number of hydrogen-bond donors (Lipinski definition) is 0. The topological polar surface area (TPSA) is 83.8 Å². The molecule has 0 saturated carbocycles. The Bertz CT molecular complexity index is 1510. The number of benzene rings is 2.